The van der Waals surface area contributed by atoms with Crippen molar-refractivity contribution < 1.29 is 9.53 Å². The summed E-state index contributed by atoms with van der Waals surface area (Å²) in [7, 11) is 0. The third-order valence-corrected chi connectivity index (χ3v) is 3.52. The van der Waals surface area contributed by atoms with Crippen LogP contribution >= 0.6 is 24.8 Å². The Balaban J connectivity index is 0.00000220. The monoisotopic (exact) mass is 349 g/mol. The van der Waals surface area contributed by atoms with E-state index in [1.165, 1.54) is 0 Å². The molecule has 126 valence electrons. The van der Waals surface area contributed by atoms with E-state index in [1.807, 2.05) is 11.0 Å². The van der Waals surface area contributed by atoms with Gasteiger partial charge < -0.3 is 15.0 Å². The molecule has 0 bridgehead atoms. The minimum atomic E-state index is -0.480. The van der Waals surface area contributed by atoms with Crippen LogP contribution in [0.4, 0.5) is 0 Å². The van der Waals surface area contributed by atoms with Crippen LogP contribution in [0.1, 0.15) is 26.7 Å². The van der Waals surface area contributed by atoms with Gasteiger partial charge >= 0.3 is 0 Å². The van der Waals surface area contributed by atoms with Gasteiger partial charge in [0, 0.05) is 25.3 Å². The molecule has 1 aromatic rings. The van der Waals surface area contributed by atoms with E-state index in [-0.39, 0.29) is 30.7 Å². The summed E-state index contributed by atoms with van der Waals surface area (Å²) in [5.74, 6) is 0.693. The van der Waals surface area contributed by atoms with E-state index in [1.54, 1.807) is 25.4 Å². The summed E-state index contributed by atoms with van der Waals surface area (Å²) >= 11 is 0. The summed E-state index contributed by atoms with van der Waals surface area (Å²) in [6.45, 7) is 6.54. The van der Waals surface area contributed by atoms with E-state index in [0.29, 0.717) is 11.8 Å². The molecular formula is C15H25Cl2N3O2. The molecule has 7 heteroatoms. The van der Waals surface area contributed by atoms with Gasteiger partial charge in [0.2, 0.25) is 0 Å². The highest BCUT2D eigenvalue weighted by Gasteiger charge is 2.29. The van der Waals surface area contributed by atoms with Crippen molar-refractivity contribution in [2.24, 2.45) is 0 Å². The smallest absolute Gasteiger partial charge is 0.263 e. The number of aromatic nitrogens is 1. The van der Waals surface area contributed by atoms with E-state index < -0.39 is 6.10 Å². The van der Waals surface area contributed by atoms with E-state index in [4.69, 9.17) is 4.74 Å². The molecule has 1 aromatic heterocycles. The number of nitrogens with one attached hydrogen (secondary N) is 1. The van der Waals surface area contributed by atoms with Crippen molar-refractivity contribution in [1.82, 2.24) is 15.2 Å². The lowest BCUT2D eigenvalue weighted by atomic mass is 10.2. The number of carbonyl (C=O) groups excluding carboxylic acids is 1. The largest absolute Gasteiger partial charge is 0.479 e. The molecule has 5 nitrogen and oxygen atoms in total. The summed E-state index contributed by atoms with van der Waals surface area (Å²) < 4.78 is 5.69. The molecule has 1 aliphatic rings. The number of carbonyl (C=O) groups is 1. The zero-order valence-electron chi connectivity index (χ0n) is 13.0. The Morgan fingerprint density at radius 1 is 1.55 bits per heavy atom. The van der Waals surface area contributed by atoms with Crippen molar-refractivity contribution in [3.63, 3.8) is 0 Å². The molecule has 1 N–H and O–H groups in total. The van der Waals surface area contributed by atoms with Crippen LogP contribution in [0, 0.1) is 0 Å². The van der Waals surface area contributed by atoms with Crippen molar-refractivity contribution in [3.8, 4) is 5.75 Å². The van der Waals surface area contributed by atoms with Gasteiger partial charge in [0.25, 0.3) is 5.91 Å². The first-order valence-corrected chi connectivity index (χ1v) is 7.30. The van der Waals surface area contributed by atoms with Gasteiger partial charge in [0.15, 0.2) is 6.10 Å². The predicted octanol–water partition coefficient (Wildman–Crippen LogP) is 2.29. The first-order chi connectivity index (χ1) is 9.72. The minimum Gasteiger partial charge on any atom is -0.479 e. The second-order valence-corrected chi connectivity index (χ2v) is 5.13. The standard InChI is InChI=1S/C15H23N3O2.2ClH/c1-3-9-18(13-6-8-17-10-13)15(19)12(2)20-14-5-4-7-16-11-14;;/h4-5,7,11-13,17H,3,6,8-10H2,1-2H3;2*1H. The van der Waals surface area contributed by atoms with Crippen molar-refractivity contribution in [1.29, 1.82) is 0 Å². The second kappa shape index (κ2) is 10.6. The zero-order valence-corrected chi connectivity index (χ0v) is 14.7. The van der Waals surface area contributed by atoms with Crippen LogP contribution in [0.3, 0.4) is 0 Å². The number of nitrogens with zero attached hydrogens (tertiary/aromatic N) is 2. The summed E-state index contributed by atoms with van der Waals surface area (Å²) in [6, 6.07) is 3.91. The molecule has 0 aromatic carbocycles. The SMILES string of the molecule is CCCN(C(=O)C(C)Oc1cccnc1)C1CCNC1.Cl.Cl. The van der Waals surface area contributed by atoms with Gasteiger partial charge in [-0.25, -0.2) is 0 Å². The summed E-state index contributed by atoms with van der Waals surface area (Å²) in [6.07, 6.45) is 4.82. The molecule has 1 aliphatic heterocycles. The number of ether oxygens (including phenoxy) is 1. The van der Waals surface area contributed by atoms with Crippen molar-refractivity contribution in [2.75, 3.05) is 19.6 Å². The average Bonchev–Trinajstić information content (AvgIpc) is 2.99. The minimum absolute atomic E-state index is 0. The molecule has 0 spiro atoms. The lowest BCUT2D eigenvalue weighted by molar-refractivity contribution is -0.140. The Kier molecular flexibility index (Phi) is 10.1. The number of hydrogen-bond acceptors (Lipinski definition) is 4. The van der Waals surface area contributed by atoms with Crippen LogP contribution in [0.15, 0.2) is 24.5 Å². The third-order valence-electron chi connectivity index (χ3n) is 3.52. The van der Waals surface area contributed by atoms with Crippen molar-refractivity contribution >= 4 is 30.7 Å². The summed E-state index contributed by atoms with van der Waals surface area (Å²) in [4.78, 5) is 18.5. The molecule has 1 amide bonds. The van der Waals surface area contributed by atoms with Crippen molar-refractivity contribution in [3.05, 3.63) is 24.5 Å². The number of amides is 1. The molecule has 0 radical (unpaired) electrons. The Labute approximate surface area is 144 Å². The lowest BCUT2D eigenvalue weighted by Crippen LogP contribution is -2.47. The summed E-state index contributed by atoms with van der Waals surface area (Å²) in [5.41, 5.74) is 0. The molecule has 2 unspecified atom stereocenters. The van der Waals surface area contributed by atoms with Crippen LogP contribution in [0.5, 0.6) is 5.75 Å². The van der Waals surface area contributed by atoms with Gasteiger partial charge in [-0.1, -0.05) is 6.92 Å². The molecule has 0 aliphatic carbocycles. The fraction of sp³-hybridized carbons (Fsp3) is 0.600. The Bertz CT molecular complexity index is 428. The maximum Gasteiger partial charge on any atom is 0.263 e. The highest BCUT2D eigenvalue weighted by Crippen LogP contribution is 2.15. The fourth-order valence-corrected chi connectivity index (χ4v) is 2.52. The van der Waals surface area contributed by atoms with Gasteiger partial charge in [-0.15, -0.1) is 24.8 Å². The molecule has 22 heavy (non-hydrogen) atoms. The van der Waals surface area contributed by atoms with E-state index in [2.05, 4.69) is 17.2 Å². The maximum atomic E-state index is 12.6. The highest BCUT2D eigenvalue weighted by atomic mass is 35.5. The summed E-state index contributed by atoms with van der Waals surface area (Å²) in [5, 5.41) is 3.31. The quantitative estimate of drug-likeness (QED) is 0.855. The Morgan fingerprint density at radius 2 is 2.32 bits per heavy atom. The van der Waals surface area contributed by atoms with E-state index in [9.17, 15) is 4.79 Å². The molecule has 1 fully saturated rings. The fourth-order valence-electron chi connectivity index (χ4n) is 2.52. The first kappa shape index (κ1) is 21.0. The molecule has 2 atom stereocenters. The number of rotatable bonds is 6. The van der Waals surface area contributed by atoms with Crippen LogP contribution in [0.2, 0.25) is 0 Å². The zero-order chi connectivity index (χ0) is 14.4. The number of pyridine rings is 1. The predicted molar refractivity (Wildman–Crippen MR) is 92.1 cm³/mol. The van der Waals surface area contributed by atoms with Gasteiger partial charge in [-0.2, -0.15) is 0 Å². The third kappa shape index (κ3) is 5.63. The van der Waals surface area contributed by atoms with Crippen LogP contribution < -0.4 is 10.1 Å². The van der Waals surface area contributed by atoms with Crippen LogP contribution in [-0.2, 0) is 4.79 Å². The number of halogens is 2. The second-order valence-electron chi connectivity index (χ2n) is 5.13. The number of hydrogen-bond donors (Lipinski definition) is 1. The molecular weight excluding hydrogens is 325 g/mol. The highest BCUT2D eigenvalue weighted by molar-refractivity contribution is 5.85. The van der Waals surface area contributed by atoms with Crippen molar-refractivity contribution in [2.45, 2.75) is 38.8 Å². The molecule has 0 saturated carbocycles. The normalized spacial score (nSPS) is 17.8. The van der Waals surface area contributed by atoms with Crippen LogP contribution in [-0.4, -0.2) is 47.6 Å². The van der Waals surface area contributed by atoms with E-state index >= 15 is 0 Å². The topological polar surface area (TPSA) is 54.5 Å². The maximum absolute atomic E-state index is 12.6. The lowest BCUT2D eigenvalue weighted by Gasteiger charge is -2.30. The van der Waals surface area contributed by atoms with Gasteiger partial charge in [0.05, 0.1) is 6.20 Å². The molecule has 2 rings (SSSR count). The molecule has 2 heterocycles. The van der Waals surface area contributed by atoms with E-state index in [0.717, 1.165) is 32.5 Å². The average molecular weight is 350 g/mol. The van der Waals surface area contributed by atoms with Gasteiger partial charge in [-0.05, 0) is 38.4 Å². The Hall–Kier alpha value is -1.04. The first-order valence-electron chi connectivity index (χ1n) is 7.30. The van der Waals surface area contributed by atoms with Gasteiger partial charge in [0.1, 0.15) is 5.75 Å². The Morgan fingerprint density at radius 3 is 2.86 bits per heavy atom. The van der Waals surface area contributed by atoms with Crippen LogP contribution in [0.25, 0.3) is 0 Å². The molecule has 1 saturated heterocycles. The van der Waals surface area contributed by atoms with Gasteiger partial charge in [-0.3, -0.25) is 9.78 Å².